The van der Waals surface area contributed by atoms with Gasteiger partial charge in [0.2, 0.25) is 5.91 Å². The fraction of sp³-hybridized carbons (Fsp3) is 0.500. The molecule has 2 rings (SSSR count). The van der Waals surface area contributed by atoms with Crippen LogP contribution in [0.3, 0.4) is 0 Å². The molecule has 0 saturated carbocycles. The number of anilines is 1. The summed E-state index contributed by atoms with van der Waals surface area (Å²) >= 11 is 0. The van der Waals surface area contributed by atoms with E-state index in [9.17, 15) is 18.0 Å². The third-order valence-corrected chi connectivity index (χ3v) is 2.62. The lowest BCUT2D eigenvalue weighted by Gasteiger charge is -2.09. The van der Waals surface area contributed by atoms with Crippen LogP contribution in [0.4, 0.5) is 19.0 Å². The Morgan fingerprint density at radius 3 is 2.68 bits per heavy atom. The van der Waals surface area contributed by atoms with Crippen molar-refractivity contribution >= 4 is 17.4 Å². The van der Waals surface area contributed by atoms with Gasteiger partial charge in [0, 0.05) is 19.0 Å². The first kappa shape index (κ1) is 16.0. The van der Waals surface area contributed by atoms with E-state index in [4.69, 9.17) is 0 Å². The van der Waals surface area contributed by atoms with Crippen molar-refractivity contribution in [3.05, 3.63) is 18.0 Å². The molecular weight excluding hydrogens is 301 g/mol. The number of amides is 1. The van der Waals surface area contributed by atoms with Gasteiger partial charge in [0.25, 0.3) is 5.82 Å². The Balaban J connectivity index is 2.05. The molecule has 10 heteroatoms. The van der Waals surface area contributed by atoms with Crippen LogP contribution in [0.15, 0.2) is 12.1 Å². The number of carbonyl (C=O) groups is 1. The van der Waals surface area contributed by atoms with Crippen molar-refractivity contribution in [2.75, 3.05) is 11.9 Å². The predicted molar refractivity (Wildman–Crippen MR) is 72.2 cm³/mol. The van der Waals surface area contributed by atoms with E-state index in [1.165, 1.54) is 12.1 Å². The van der Waals surface area contributed by atoms with Gasteiger partial charge in [-0.05, 0) is 26.0 Å². The Morgan fingerprint density at radius 2 is 2.05 bits per heavy atom. The topological polar surface area (TPSA) is 84.2 Å². The Labute approximate surface area is 123 Å². The largest absolute Gasteiger partial charge is 0.453 e. The van der Waals surface area contributed by atoms with Crippen molar-refractivity contribution in [3.8, 4) is 0 Å². The summed E-state index contributed by atoms with van der Waals surface area (Å²) in [6.45, 7) is 3.93. The van der Waals surface area contributed by atoms with Gasteiger partial charge in [-0.3, -0.25) is 4.79 Å². The van der Waals surface area contributed by atoms with Crippen LogP contribution in [-0.4, -0.2) is 38.3 Å². The van der Waals surface area contributed by atoms with E-state index in [2.05, 4.69) is 25.9 Å². The minimum Gasteiger partial charge on any atom is -0.368 e. The maximum Gasteiger partial charge on any atom is 0.453 e. The number of alkyl halides is 3. The maximum atomic E-state index is 12.7. The minimum atomic E-state index is -4.64. The molecule has 0 spiro atoms. The zero-order valence-corrected chi connectivity index (χ0v) is 12.0. The molecule has 0 aliphatic carbocycles. The molecule has 0 radical (unpaired) electrons. The van der Waals surface area contributed by atoms with Gasteiger partial charge in [0.1, 0.15) is 5.82 Å². The molecule has 0 saturated heterocycles. The molecule has 2 aromatic heterocycles. The van der Waals surface area contributed by atoms with Crippen LogP contribution in [0.1, 0.15) is 26.1 Å². The summed E-state index contributed by atoms with van der Waals surface area (Å²) in [6.07, 6.45) is -4.45. The molecule has 22 heavy (non-hydrogen) atoms. The van der Waals surface area contributed by atoms with E-state index < -0.39 is 12.0 Å². The normalized spacial score (nSPS) is 11.9. The molecule has 2 aromatic rings. The number of hydrogen-bond donors (Lipinski definition) is 2. The summed E-state index contributed by atoms with van der Waals surface area (Å²) in [5, 5.41) is 15.8. The number of carbonyl (C=O) groups excluding carboxylic acids is 1. The molecule has 2 N–H and O–H groups in total. The summed E-state index contributed by atoms with van der Waals surface area (Å²) in [5.41, 5.74) is -0.00424. The zero-order chi connectivity index (χ0) is 16.3. The fourth-order valence-electron chi connectivity index (χ4n) is 1.76. The maximum absolute atomic E-state index is 12.7. The summed E-state index contributed by atoms with van der Waals surface area (Å²) < 4.78 is 38.8. The van der Waals surface area contributed by atoms with Crippen LogP contribution in [0.5, 0.6) is 0 Å². The van der Waals surface area contributed by atoms with Crippen molar-refractivity contribution in [2.45, 2.75) is 32.5 Å². The molecule has 0 aliphatic rings. The highest BCUT2D eigenvalue weighted by Gasteiger charge is 2.37. The summed E-state index contributed by atoms with van der Waals surface area (Å²) in [7, 11) is 0. The zero-order valence-electron chi connectivity index (χ0n) is 12.0. The lowest BCUT2D eigenvalue weighted by molar-refractivity contribution is -0.146. The number of nitrogens with zero attached hydrogens (tertiary/aromatic N) is 4. The Morgan fingerprint density at radius 1 is 1.32 bits per heavy atom. The second-order valence-electron chi connectivity index (χ2n) is 4.91. The summed E-state index contributed by atoms with van der Waals surface area (Å²) in [6, 6.07) is 2.88. The smallest absolute Gasteiger partial charge is 0.368 e. The molecule has 120 valence electrons. The number of fused-ring (bicyclic) bond motifs is 1. The van der Waals surface area contributed by atoms with Gasteiger partial charge in [0.05, 0.1) is 0 Å². The number of nitrogens with one attached hydrogen (secondary N) is 2. The fourth-order valence-corrected chi connectivity index (χ4v) is 1.76. The molecule has 0 atom stereocenters. The van der Waals surface area contributed by atoms with E-state index in [1.807, 2.05) is 13.8 Å². The molecule has 1 amide bonds. The van der Waals surface area contributed by atoms with Crippen LogP contribution in [0.2, 0.25) is 0 Å². The van der Waals surface area contributed by atoms with Crippen molar-refractivity contribution in [2.24, 2.45) is 0 Å². The van der Waals surface area contributed by atoms with Crippen LogP contribution in [0, 0.1) is 0 Å². The first-order valence-corrected chi connectivity index (χ1v) is 6.60. The first-order chi connectivity index (χ1) is 10.3. The molecule has 0 unspecified atom stereocenters. The molecule has 0 aromatic carbocycles. The van der Waals surface area contributed by atoms with Crippen molar-refractivity contribution in [1.29, 1.82) is 0 Å². The SMILES string of the molecule is CC(C)NC(=O)CCNc1ccc2nnc(C(F)(F)F)n2n1. The second kappa shape index (κ2) is 6.16. The van der Waals surface area contributed by atoms with Crippen molar-refractivity contribution in [3.63, 3.8) is 0 Å². The number of rotatable bonds is 5. The molecule has 0 aliphatic heterocycles. The van der Waals surface area contributed by atoms with E-state index >= 15 is 0 Å². The Hall–Kier alpha value is -2.39. The van der Waals surface area contributed by atoms with Gasteiger partial charge in [-0.15, -0.1) is 15.3 Å². The van der Waals surface area contributed by atoms with Crippen LogP contribution in [-0.2, 0) is 11.0 Å². The Kier molecular flexibility index (Phi) is 4.48. The van der Waals surface area contributed by atoms with Crippen LogP contribution >= 0.6 is 0 Å². The van der Waals surface area contributed by atoms with Gasteiger partial charge >= 0.3 is 6.18 Å². The second-order valence-corrected chi connectivity index (χ2v) is 4.91. The number of hydrogen-bond acceptors (Lipinski definition) is 5. The molecule has 2 heterocycles. The number of aromatic nitrogens is 4. The molecule has 7 nitrogen and oxygen atoms in total. The molecule has 0 fully saturated rings. The lowest BCUT2D eigenvalue weighted by Crippen LogP contribution is -2.31. The van der Waals surface area contributed by atoms with Crippen molar-refractivity contribution in [1.82, 2.24) is 25.1 Å². The van der Waals surface area contributed by atoms with Gasteiger partial charge in [-0.1, -0.05) is 0 Å². The van der Waals surface area contributed by atoms with E-state index in [0.717, 1.165) is 0 Å². The third-order valence-electron chi connectivity index (χ3n) is 2.62. The minimum absolute atomic E-state index is 0.00424. The van der Waals surface area contributed by atoms with Crippen molar-refractivity contribution < 1.29 is 18.0 Å². The van der Waals surface area contributed by atoms with Gasteiger partial charge in [-0.25, -0.2) is 0 Å². The summed E-state index contributed by atoms with van der Waals surface area (Å²) in [5.74, 6) is -1.14. The predicted octanol–water partition coefficient (Wildman–Crippen LogP) is 1.47. The first-order valence-electron chi connectivity index (χ1n) is 6.60. The van der Waals surface area contributed by atoms with Gasteiger partial charge in [0.15, 0.2) is 5.65 Å². The number of halogens is 3. The highest BCUT2D eigenvalue weighted by Crippen LogP contribution is 2.27. The van der Waals surface area contributed by atoms with Crippen LogP contribution in [0.25, 0.3) is 5.65 Å². The monoisotopic (exact) mass is 316 g/mol. The highest BCUT2D eigenvalue weighted by atomic mass is 19.4. The van der Waals surface area contributed by atoms with E-state index in [-0.39, 0.29) is 36.4 Å². The lowest BCUT2D eigenvalue weighted by atomic mass is 10.3. The van der Waals surface area contributed by atoms with Crippen LogP contribution < -0.4 is 10.6 Å². The average molecular weight is 316 g/mol. The molecule has 0 bridgehead atoms. The molecular formula is C12H15F3N6O. The van der Waals surface area contributed by atoms with Gasteiger partial charge in [-0.2, -0.15) is 17.7 Å². The van der Waals surface area contributed by atoms with E-state index in [0.29, 0.717) is 4.52 Å². The third kappa shape index (κ3) is 3.83. The Bertz CT molecular complexity index is 666. The summed E-state index contributed by atoms with van der Waals surface area (Å²) in [4.78, 5) is 11.5. The highest BCUT2D eigenvalue weighted by molar-refractivity contribution is 5.76. The quantitative estimate of drug-likeness (QED) is 0.872. The van der Waals surface area contributed by atoms with E-state index in [1.54, 1.807) is 0 Å². The standard InChI is InChI=1S/C12H15F3N6O/c1-7(2)17-10(22)5-6-16-8-3-4-9-18-19-11(12(13,14)15)21(9)20-8/h3-4,7H,5-6H2,1-2H3,(H,16,20)(H,17,22). The van der Waals surface area contributed by atoms with Gasteiger partial charge < -0.3 is 10.6 Å². The average Bonchev–Trinajstić information content (AvgIpc) is 2.80.